The minimum atomic E-state index is -0.977. The van der Waals surface area contributed by atoms with Gasteiger partial charge in [-0.3, -0.25) is 0 Å². The van der Waals surface area contributed by atoms with Crippen LogP contribution < -0.4 is 11.1 Å². The molecule has 0 saturated heterocycles. The minimum Gasteiger partial charge on any atom is -0.478 e. The van der Waals surface area contributed by atoms with Gasteiger partial charge in [0.2, 0.25) is 0 Å². The Morgan fingerprint density at radius 1 is 1.11 bits per heavy atom. The molecule has 27 heavy (non-hydrogen) atoms. The predicted octanol–water partition coefficient (Wildman–Crippen LogP) is 5.30. The fourth-order valence-corrected chi connectivity index (χ4v) is 2.25. The zero-order chi connectivity index (χ0) is 19.8. The summed E-state index contributed by atoms with van der Waals surface area (Å²) >= 11 is 0. The second-order valence-electron chi connectivity index (χ2n) is 6.08. The zero-order valence-corrected chi connectivity index (χ0v) is 15.8. The SMILES string of the molecule is CCCC.Cc1cc2cc(NC(N)=Nc3ccc(C(=O)O)cc3)ccc2o1. The number of hydrogen-bond donors (Lipinski definition) is 3. The van der Waals surface area contributed by atoms with Crippen molar-refractivity contribution in [2.24, 2.45) is 10.7 Å². The lowest BCUT2D eigenvalue weighted by Crippen LogP contribution is -2.21. The van der Waals surface area contributed by atoms with Crippen LogP contribution in [0.15, 0.2) is 57.9 Å². The van der Waals surface area contributed by atoms with E-state index >= 15 is 0 Å². The van der Waals surface area contributed by atoms with Gasteiger partial charge in [-0.25, -0.2) is 9.79 Å². The molecule has 0 aliphatic carbocycles. The maximum absolute atomic E-state index is 10.8. The zero-order valence-electron chi connectivity index (χ0n) is 15.8. The van der Waals surface area contributed by atoms with Crippen molar-refractivity contribution in [3.8, 4) is 0 Å². The minimum absolute atomic E-state index is 0.205. The number of nitrogens with one attached hydrogen (secondary N) is 1. The molecule has 0 saturated carbocycles. The maximum atomic E-state index is 10.8. The van der Waals surface area contributed by atoms with Gasteiger partial charge in [-0.2, -0.15) is 0 Å². The molecule has 0 radical (unpaired) electrons. The van der Waals surface area contributed by atoms with Crippen molar-refractivity contribution in [3.63, 3.8) is 0 Å². The van der Waals surface area contributed by atoms with Crippen LogP contribution in [0.25, 0.3) is 11.0 Å². The second-order valence-corrected chi connectivity index (χ2v) is 6.08. The third kappa shape index (κ3) is 5.88. The lowest BCUT2D eigenvalue weighted by molar-refractivity contribution is 0.0697. The van der Waals surface area contributed by atoms with Gasteiger partial charge < -0.3 is 20.6 Å². The van der Waals surface area contributed by atoms with Crippen LogP contribution in [0.3, 0.4) is 0 Å². The molecule has 0 spiro atoms. The Balaban J connectivity index is 0.000000596. The van der Waals surface area contributed by atoms with Crippen molar-refractivity contribution in [2.75, 3.05) is 5.32 Å². The number of carboxylic acids is 1. The fourth-order valence-electron chi connectivity index (χ4n) is 2.25. The topological polar surface area (TPSA) is 101 Å². The average Bonchev–Trinajstić information content (AvgIpc) is 3.01. The Bertz CT molecular complexity index is 925. The highest BCUT2D eigenvalue weighted by Gasteiger charge is 2.04. The van der Waals surface area contributed by atoms with E-state index < -0.39 is 5.97 Å². The number of aromatic carboxylic acids is 1. The number of hydrogen-bond acceptors (Lipinski definition) is 3. The van der Waals surface area contributed by atoms with Gasteiger partial charge in [-0.15, -0.1) is 0 Å². The molecule has 3 rings (SSSR count). The van der Waals surface area contributed by atoms with E-state index in [9.17, 15) is 4.79 Å². The van der Waals surface area contributed by atoms with Crippen LogP contribution in [-0.4, -0.2) is 17.0 Å². The fraction of sp³-hybridized carbons (Fsp3) is 0.238. The van der Waals surface area contributed by atoms with Gasteiger partial charge in [0.25, 0.3) is 0 Å². The van der Waals surface area contributed by atoms with Crippen LogP contribution >= 0.6 is 0 Å². The van der Waals surface area contributed by atoms with E-state index in [2.05, 4.69) is 24.2 Å². The lowest BCUT2D eigenvalue weighted by Gasteiger charge is -2.05. The summed E-state index contributed by atoms with van der Waals surface area (Å²) in [7, 11) is 0. The van der Waals surface area contributed by atoms with Gasteiger partial charge in [0.05, 0.1) is 11.3 Å². The molecule has 2 aromatic carbocycles. The van der Waals surface area contributed by atoms with Crippen LogP contribution in [-0.2, 0) is 0 Å². The van der Waals surface area contributed by atoms with Crippen LogP contribution in [0.2, 0.25) is 0 Å². The molecule has 4 N–H and O–H groups in total. The van der Waals surface area contributed by atoms with Gasteiger partial charge >= 0.3 is 5.97 Å². The second kappa shape index (κ2) is 9.43. The van der Waals surface area contributed by atoms with E-state index in [0.29, 0.717) is 5.69 Å². The number of rotatable bonds is 4. The molecule has 0 aliphatic rings. The first-order valence-corrected chi connectivity index (χ1v) is 8.87. The number of nitrogens with two attached hydrogens (primary N) is 1. The maximum Gasteiger partial charge on any atom is 0.335 e. The third-order valence-electron chi connectivity index (χ3n) is 3.78. The van der Waals surface area contributed by atoms with Crippen LogP contribution in [0.4, 0.5) is 11.4 Å². The van der Waals surface area contributed by atoms with Gasteiger partial charge in [-0.05, 0) is 55.5 Å². The molecular weight excluding hydrogens is 342 g/mol. The lowest BCUT2D eigenvalue weighted by atomic mass is 10.2. The number of anilines is 1. The van der Waals surface area contributed by atoms with E-state index in [1.54, 1.807) is 12.1 Å². The first-order chi connectivity index (χ1) is 12.9. The molecular formula is C21H25N3O3. The summed E-state index contributed by atoms with van der Waals surface area (Å²) in [5.41, 5.74) is 8.26. The van der Waals surface area contributed by atoms with Crippen molar-refractivity contribution in [1.29, 1.82) is 0 Å². The molecule has 0 amide bonds. The summed E-state index contributed by atoms with van der Waals surface area (Å²) in [6, 6.07) is 13.7. The van der Waals surface area contributed by atoms with Crippen LogP contribution in [0.5, 0.6) is 0 Å². The summed E-state index contributed by atoms with van der Waals surface area (Å²) in [5, 5.41) is 12.8. The number of nitrogens with zero attached hydrogens (tertiary/aromatic N) is 1. The number of carbonyl (C=O) groups is 1. The Hall–Kier alpha value is -3.28. The number of fused-ring (bicyclic) bond motifs is 1. The van der Waals surface area contributed by atoms with Crippen LogP contribution in [0.1, 0.15) is 42.8 Å². The van der Waals surface area contributed by atoms with E-state index in [1.165, 1.54) is 25.0 Å². The number of carboxylic acid groups (broad SMARTS) is 1. The quantitative estimate of drug-likeness (QED) is 0.429. The Morgan fingerprint density at radius 2 is 1.78 bits per heavy atom. The first kappa shape index (κ1) is 20.0. The summed E-state index contributed by atoms with van der Waals surface area (Å²) in [6.45, 7) is 6.25. The summed E-state index contributed by atoms with van der Waals surface area (Å²) in [4.78, 5) is 15.0. The molecule has 0 fully saturated rings. The first-order valence-electron chi connectivity index (χ1n) is 8.87. The Morgan fingerprint density at radius 3 is 2.37 bits per heavy atom. The number of guanidine groups is 1. The smallest absolute Gasteiger partial charge is 0.335 e. The third-order valence-corrected chi connectivity index (χ3v) is 3.78. The highest BCUT2D eigenvalue weighted by Crippen LogP contribution is 2.22. The Kier molecular flexibility index (Phi) is 7.00. The number of aliphatic imine (C=N–C) groups is 1. The van der Waals surface area contributed by atoms with Gasteiger partial charge in [0.15, 0.2) is 5.96 Å². The number of aryl methyl sites for hydroxylation is 1. The van der Waals surface area contributed by atoms with E-state index in [-0.39, 0.29) is 11.5 Å². The molecule has 6 nitrogen and oxygen atoms in total. The molecule has 0 unspecified atom stereocenters. The average molecular weight is 367 g/mol. The van der Waals surface area contributed by atoms with E-state index in [4.69, 9.17) is 15.3 Å². The predicted molar refractivity (Wildman–Crippen MR) is 110 cm³/mol. The molecule has 1 heterocycles. The van der Waals surface area contributed by atoms with Gasteiger partial charge in [0, 0.05) is 11.1 Å². The largest absolute Gasteiger partial charge is 0.478 e. The van der Waals surface area contributed by atoms with Gasteiger partial charge in [0.1, 0.15) is 11.3 Å². The van der Waals surface area contributed by atoms with Crippen molar-refractivity contribution < 1.29 is 14.3 Å². The summed E-state index contributed by atoms with van der Waals surface area (Å²) in [5.74, 6) is 0.0836. The molecule has 142 valence electrons. The summed E-state index contributed by atoms with van der Waals surface area (Å²) in [6.07, 6.45) is 2.64. The van der Waals surface area contributed by atoms with Crippen LogP contribution in [0, 0.1) is 6.92 Å². The number of furan rings is 1. The molecule has 1 aromatic heterocycles. The molecule has 0 bridgehead atoms. The summed E-state index contributed by atoms with van der Waals surface area (Å²) < 4.78 is 5.52. The highest BCUT2D eigenvalue weighted by atomic mass is 16.4. The van der Waals surface area contributed by atoms with Crippen molar-refractivity contribution in [1.82, 2.24) is 0 Å². The highest BCUT2D eigenvalue weighted by molar-refractivity contribution is 5.96. The Labute approximate surface area is 158 Å². The molecule has 0 atom stereocenters. The normalized spacial score (nSPS) is 11.0. The van der Waals surface area contributed by atoms with Gasteiger partial charge in [-0.1, -0.05) is 26.7 Å². The van der Waals surface area contributed by atoms with Crippen molar-refractivity contribution in [3.05, 3.63) is 59.9 Å². The number of unbranched alkanes of at least 4 members (excludes halogenated alkanes) is 1. The van der Waals surface area contributed by atoms with Crippen molar-refractivity contribution >= 4 is 34.3 Å². The number of benzene rings is 2. The van der Waals surface area contributed by atoms with Crippen molar-refractivity contribution in [2.45, 2.75) is 33.6 Å². The molecule has 6 heteroatoms. The molecule has 0 aliphatic heterocycles. The standard InChI is InChI=1S/C17H15N3O3.C4H10/c1-10-8-12-9-14(6-7-15(12)23-10)20-17(18)19-13-4-2-11(3-5-13)16(21)22;1-3-4-2/h2-9H,1H3,(H,21,22)(H3,18,19,20);3-4H2,1-2H3. The van der Waals surface area contributed by atoms with E-state index in [0.717, 1.165) is 22.4 Å². The molecule has 3 aromatic rings. The monoisotopic (exact) mass is 367 g/mol. The van der Waals surface area contributed by atoms with E-state index in [1.807, 2.05) is 31.2 Å².